The molecule has 0 aliphatic carbocycles. The van der Waals surface area contributed by atoms with Crippen molar-refractivity contribution in [2.24, 2.45) is 0 Å². The summed E-state index contributed by atoms with van der Waals surface area (Å²) in [6, 6.07) is 11.1. The molecule has 3 aromatic rings. The van der Waals surface area contributed by atoms with E-state index in [1.165, 1.54) is 7.11 Å². The third-order valence-electron chi connectivity index (χ3n) is 2.87. The van der Waals surface area contributed by atoms with Crippen molar-refractivity contribution in [1.29, 1.82) is 0 Å². The van der Waals surface area contributed by atoms with Gasteiger partial charge in [-0.25, -0.2) is 14.3 Å². The third kappa shape index (κ3) is 2.18. The molecule has 100 valence electrons. The second-order valence-corrected chi connectivity index (χ2v) is 5.04. The summed E-state index contributed by atoms with van der Waals surface area (Å²) in [6.07, 6.45) is 1.75. The van der Waals surface area contributed by atoms with E-state index in [1.807, 2.05) is 24.3 Å². The SMILES string of the molecule is COC(=O)c1cccn2nc(-c3ccc(Br)cc3)nc12. The molecule has 2 aromatic heterocycles. The largest absolute Gasteiger partial charge is 0.465 e. The molecular formula is C14H10BrN3O2. The van der Waals surface area contributed by atoms with Crippen LogP contribution in [0.25, 0.3) is 17.0 Å². The second kappa shape index (κ2) is 5.05. The highest BCUT2D eigenvalue weighted by molar-refractivity contribution is 9.10. The average molecular weight is 332 g/mol. The molecule has 0 saturated carbocycles. The maximum Gasteiger partial charge on any atom is 0.341 e. The molecule has 0 bridgehead atoms. The smallest absolute Gasteiger partial charge is 0.341 e. The van der Waals surface area contributed by atoms with Crippen molar-refractivity contribution < 1.29 is 9.53 Å². The Labute approximate surface area is 123 Å². The normalized spacial score (nSPS) is 10.7. The van der Waals surface area contributed by atoms with E-state index in [0.29, 0.717) is 17.0 Å². The van der Waals surface area contributed by atoms with E-state index in [4.69, 9.17) is 4.74 Å². The molecule has 1 aromatic carbocycles. The summed E-state index contributed by atoms with van der Waals surface area (Å²) >= 11 is 3.39. The highest BCUT2D eigenvalue weighted by atomic mass is 79.9. The van der Waals surface area contributed by atoms with Crippen LogP contribution in [0.15, 0.2) is 47.1 Å². The number of aromatic nitrogens is 3. The molecule has 0 unspecified atom stereocenters. The summed E-state index contributed by atoms with van der Waals surface area (Å²) in [5, 5.41) is 4.37. The lowest BCUT2D eigenvalue weighted by molar-refractivity contribution is 0.0602. The van der Waals surface area contributed by atoms with Crippen molar-refractivity contribution in [3.63, 3.8) is 0 Å². The number of pyridine rings is 1. The number of nitrogens with zero attached hydrogens (tertiary/aromatic N) is 3. The van der Waals surface area contributed by atoms with Crippen LogP contribution in [-0.4, -0.2) is 27.7 Å². The number of carbonyl (C=O) groups is 1. The summed E-state index contributed by atoms with van der Waals surface area (Å²) in [5.41, 5.74) is 1.76. The molecule has 0 N–H and O–H groups in total. The van der Waals surface area contributed by atoms with Crippen LogP contribution < -0.4 is 0 Å². The minimum atomic E-state index is -0.426. The van der Waals surface area contributed by atoms with Crippen LogP contribution in [0.3, 0.4) is 0 Å². The second-order valence-electron chi connectivity index (χ2n) is 4.12. The maximum atomic E-state index is 11.7. The Morgan fingerprint density at radius 2 is 2.00 bits per heavy atom. The number of hydrogen-bond donors (Lipinski definition) is 0. The van der Waals surface area contributed by atoms with Crippen LogP contribution in [0, 0.1) is 0 Å². The Bertz CT molecular complexity index is 781. The molecule has 3 rings (SSSR count). The fourth-order valence-corrected chi connectivity index (χ4v) is 2.16. The number of rotatable bonds is 2. The van der Waals surface area contributed by atoms with Gasteiger partial charge in [0, 0.05) is 16.2 Å². The number of esters is 1. The predicted molar refractivity (Wildman–Crippen MR) is 77.5 cm³/mol. The van der Waals surface area contributed by atoms with Crippen molar-refractivity contribution in [3.8, 4) is 11.4 Å². The van der Waals surface area contributed by atoms with Crippen molar-refractivity contribution in [2.75, 3.05) is 7.11 Å². The lowest BCUT2D eigenvalue weighted by atomic mass is 10.2. The fraction of sp³-hybridized carbons (Fsp3) is 0.0714. The van der Waals surface area contributed by atoms with E-state index in [1.54, 1.807) is 22.8 Å². The van der Waals surface area contributed by atoms with Crippen molar-refractivity contribution >= 4 is 27.5 Å². The number of fused-ring (bicyclic) bond motifs is 1. The van der Waals surface area contributed by atoms with E-state index in [0.717, 1.165) is 10.0 Å². The van der Waals surface area contributed by atoms with Gasteiger partial charge in [-0.05, 0) is 24.3 Å². The molecule has 0 atom stereocenters. The molecule has 0 saturated heterocycles. The summed E-state index contributed by atoms with van der Waals surface area (Å²) in [5.74, 6) is 0.138. The van der Waals surface area contributed by atoms with Gasteiger partial charge >= 0.3 is 5.97 Å². The zero-order valence-corrected chi connectivity index (χ0v) is 12.2. The van der Waals surface area contributed by atoms with Gasteiger partial charge in [-0.15, -0.1) is 5.10 Å². The summed E-state index contributed by atoms with van der Waals surface area (Å²) in [7, 11) is 1.35. The highest BCUT2D eigenvalue weighted by Crippen LogP contribution is 2.20. The molecule has 0 fully saturated rings. The first-order chi connectivity index (χ1) is 9.69. The summed E-state index contributed by atoms with van der Waals surface area (Å²) in [6.45, 7) is 0. The number of benzene rings is 1. The Balaban J connectivity index is 2.15. The van der Waals surface area contributed by atoms with Gasteiger partial charge in [0.1, 0.15) is 5.56 Å². The van der Waals surface area contributed by atoms with E-state index in [2.05, 4.69) is 26.0 Å². The lowest BCUT2D eigenvalue weighted by Gasteiger charge is -1.99. The minimum Gasteiger partial charge on any atom is -0.465 e. The number of carbonyl (C=O) groups excluding carboxylic acids is 1. The highest BCUT2D eigenvalue weighted by Gasteiger charge is 2.15. The van der Waals surface area contributed by atoms with Crippen LogP contribution in [-0.2, 0) is 4.74 Å². The van der Waals surface area contributed by atoms with Crippen LogP contribution in [0.1, 0.15) is 10.4 Å². The van der Waals surface area contributed by atoms with Gasteiger partial charge < -0.3 is 4.74 Å². The van der Waals surface area contributed by atoms with Crippen LogP contribution >= 0.6 is 15.9 Å². The zero-order valence-electron chi connectivity index (χ0n) is 10.6. The topological polar surface area (TPSA) is 56.5 Å². The van der Waals surface area contributed by atoms with Gasteiger partial charge in [0.05, 0.1) is 7.11 Å². The molecule has 0 amide bonds. The summed E-state index contributed by atoms with van der Waals surface area (Å²) < 4.78 is 7.31. The molecule has 2 heterocycles. The van der Waals surface area contributed by atoms with Crippen LogP contribution in [0.4, 0.5) is 0 Å². The minimum absolute atomic E-state index is 0.394. The maximum absolute atomic E-state index is 11.7. The number of ether oxygens (including phenoxy) is 1. The quantitative estimate of drug-likeness (QED) is 0.677. The summed E-state index contributed by atoms with van der Waals surface area (Å²) in [4.78, 5) is 16.1. The predicted octanol–water partition coefficient (Wildman–Crippen LogP) is 2.95. The zero-order chi connectivity index (χ0) is 14.1. The number of methoxy groups -OCH3 is 1. The van der Waals surface area contributed by atoms with E-state index in [-0.39, 0.29) is 0 Å². The van der Waals surface area contributed by atoms with Gasteiger partial charge in [0.25, 0.3) is 0 Å². The monoisotopic (exact) mass is 331 g/mol. The molecular weight excluding hydrogens is 322 g/mol. The van der Waals surface area contributed by atoms with Crippen molar-refractivity contribution in [2.45, 2.75) is 0 Å². The standard InChI is InChI=1S/C14H10BrN3O2/c1-20-14(19)11-3-2-8-18-13(11)16-12(17-18)9-4-6-10(15)7-5-9/h2-8H,1H3. The molecule has 0 spiro atoms. The first kappa shape index (κ1) is 12.8. The van der Waals surface area contributed by atoms with Crippen LogP contribution in [0.2, 0.25) is 0 Å². The Morgan fingerprint density at radius 3 is 2.70 bits per heavy atom. The average Bonchev–Trinajstić information content (AvgIpc) is 2.91. The third-order valence-corrected chi connectivity index (χ3v) is 3.40. The van der Waals surface area contributed by atoms with Crippen molar-refractivity contribution in [1.82, 2.24) is 14.6 Å². The van der Waals surface area contributed by atoms with E-state index in [9.17, 15) is 4.79 Å². The molecule has 0 radical (unpaired) electrons. The number of halogens is 1. The van der Waals surface area contributed by atoms with Crippen LogP contribution in [0.5, 0.6) is 0 Å². The van der Waals surface area contributed by atoms with E-state index >= 15 is 0 Å². The van der Waals surface area contributed by atoms with Gasteiger partial charge in [-0.1, -0.05) is 28.1 Å². The first-order valence-electron chi connectivity index (χ1n) is 5.88. The Kier molecular flexibility index (Phi) is 3.23. The molecule has 0 aliphatic rings. The molecule has 0 aliphatic heterocycles. The van der Waals surface area contributed by atoms with E-state index < -0.39 is 5.97 Å². The lowest BCUT2D eigenvalue weighted by Crippen LogP contribution is -2.04. The number of hydrogen-bond acceptors (Lipinski definition) is 4. The fourth-order valence-electron chi connectivity index (χ4n) is 1.90. The van der Waals surface area contributed by atoms with Gasteiger partial charge in [0.2, 0.25) is 0 Å². The van der Waals surface area contributed by atoms with Gasteiger partial charge in [-0.2, -0.15) is 0 Å². The van der Waals surface area contributed by atoms with Gasteiger partial charge in [-0.3, -0.25) is 0 Å². The Hall–Kier alpha value is -2.21. The molecule has 20 heavy (non-hydrogen) atoms. The first-order valence-corrected chi connectivity index (χ1v) is 6.68. The molecule has 6 heteroatoms. The van der Waals surface area contributed by atoms with Crippen molar-refractivity contribution in [3.05, 3.63) is 52.6 Å². The van der Waals surface area contributed by atoms with Gasteiger partial charge in [0.15, 0.2) is 11.5 Å². The molecule has 5 nitrogen and oxygen atoms in total. The Morgan fingerprint density at radius 1 is 1.25 bits per heavy atom.